The van der Waals surface area contributed by atoms with Crippen molar-refractivity contribution in [2.24, 2.45) is 0 Å². The molecule has 2 nitrogen and oxygen atoms in total. The van der Waals surface area contributed by atoms with Crippen LogP contribution < -0.4 is 4.90 Å². The topological polar surface area (TPSA) is 20.3 Å². The van der Waals surface area contributed by atoms with Crippen molar-refractivity contribution in [2.75, 3.05) is 19.0 Å². The smallest absolute Gasteiger partial charge is 0.137 e. The molecule has 0 bridgehead atoms. The van der Waals surface area contributed by atoms with Crippen molar-refractivity contribution >= 4 is 11.5 Å². The summed E-state index contributed by atoms with van der Waals surface area (Å²) in [5.41, 5.74) is 4.97. The lowest BCUT2D eigenvalue weighted by atomic mass is 9.86. The number of Topliss-reactive ketones (excluding diaryl/α,β-unsaturated/α-hetero) is 1. The molecule has 2 aromatic rings. The Hall–Kier alpha value is -2.09. The highest BCUT2D eigenvalue weighted by molar-refractivity contribution is 5.81. The van der Waals surface area contributed by atoms with E-state index in [4.69, 9.17) is 0 Å². The fourth-order valence-corrected chi connectivity index (χ4v) is 2.68. The average molecular weight is 323 g/mol. The number of benzene rings is 2. The zero-order chi connectivity index (χ0) is 17.7. The van der Waals surface area contributed by atoms with E-state index >= 15 is 0 Å². The van der Waals surface area contributed by atoms with E-state index in [1.165, 1.54) is 16.8 Å². The van der Waals surface area contributed by atoms with Gasteiger partial charge in [0.25, 0.3) is 0 Å². The Bertz CT molecular complexity index is 661. The Morgan fingerprint density at radius 2 is 1.42 bits per heavy atom. The molecule has 2 rings (SSSR count). The van der Waals surface area contributed by atoms with Crippen LogP contribution in [0, 0.1) is 0 Å². The highest BCUT2D eigenvalue weighted by atomic mass is 16.1. The molecular weight excluding hydrogens is 294 g/mol. The van der Waals surface area contributed by atoms with Gasteiger partial charge >= 0.3 is 0 Å². The van der Waals surface area contributed by atoms with Gasteiger partial charge in [-0.1, -0.05) is 57.2 Å². The van der Waals surface area contributed by atoms with Gasteiger partial charge in [-0.2, -0.15) is 0 Å². The minimum atomic E-state index is 0.154. The summed E-state index contributed by atoms with van der Waals surface area (Å²) in [5, 5.41) is 0. The Morgan fingerprint density at radius 3 is 1.92 bits per heavy atom. The SMILES string of the molecule is CN(C)c1ccc(CCC(=O)Cc2ccc(C(C)(C)C)cc2)cc1. The van der Waals surface area contributed by atoms with Crippen molar-refractivity contribution in [1.82, 2.24) is 0 Å². The maximum absolute atomic E-state index is 12.2. The fraction of sp³-hybridized carbons (Fsp3) is 0.409. The molecule has 0 aliphatic carbocycles. The van der Waals surface area contributed by atoms with E-state index in [2.05, 4.69) is 74.2 Å². The highest BCUT2D eigenvalue weighted by Gasteiger charge is 2.13. The quantitative estimate of drug-likeness (QED) is 0.761. The van der Waals surface area contributed by atoms with Crippen molar-refractivity contribution in [3.8, 4) is 0 Å². The third-order valence-corrected chi connectivity index (χ3v) is 4.37. The Labute approximate surface area is 146 Å². The maximum atomic E-state index is 12.2. The first-order chi connectivity index (χ1) is 11.3. The van der Waals surface area contributed by atoms with Crippen LogP contribution in [0.5, 0.6) is 0 Å². The van der Waals surface area contributed by atoms with Gasteiger partial charge in [-0.25, -0.2) is 0 Å². The van der Waals surface area contributed by atoms with Gasteiger partial charge < -0.3 is 4.90 Å². The van der Waals surface area contributed by atoms with Crippen LogP contribution in [0.4, 0.5) is 5.69 Å². The van der Waals surface area contributed by atoms with Crippen molar-refractivity contribution in [2.45, 2.75) is 45.4 Å². The van der Waals surface area contributed by atoms with E-state index in [9.17, 15) is 4.79 Å². The minimum absolute atomic E-state index is 0.154. The molecule has 0 aromatic heterocycles. The molecule has 0 unspecified atom stereocenters. The summed E-state index contributed by atoms with van der Waals surface area (Å²) in [6.45, 7) is 6.61. The fourth-order valence-electron chi connectivity index (χ4n) is 2.68. The summed E-state index contributed by atoms with van der Waals surface area (Å²) in [6.07, 6.45) is 1.94. The van der Waals surface area contributed by atoms with E-state index < -0.39 is 0 Å². The van der Waals surface area contributed by atoms with Gasteiger partial charge in [-0.05, 0) is 40.7 Å². The second kappa shape index (κ2) is 7.65. The minimum Gasteiger partial charge on any atom is -0.378 e. The summed E-state index contributed by atoms with van der Waals surface area (Å²) < 4.78 is 0. The zero-order valence-electron chi connectivity index (χ0n) is 15.6. The Morgan fingerprint density at radius 1 is 0.875 bits per heavy atom. The van der Waals surface area contributed by atoms with Crippen LogP contribution in [-0.2, 0) is 23.1 Å². The van der Waals surface area contributed by atoms with Gasteiger partial charge in [0, 0.05) is 32.6 Å². The van der Waals surface area contributed by atoms with Crippen molar-refractivity contribution in [1.29, 1.82) is 0 Å². The zero-order valence-corrected chi connectivity index (χ0v) is 15.6. The Balaban J connectivity index is 1.87. The van der Waals surface area contributed by atoms with Gasteiger partial charge in [0.2, 0.25) is 0 Å². The molecule has 0 heterocycles. The molecular formula is C22H29NO. The summed E-state index contributed by atoms with van der Waals surface area (Å²) in [5.74, 6) is 0.301. The first kappa shape index (κ1) is 18.3. The molecule has 2 aromatic carbocycles. The first-order valence-corrected chi connectivity index (χ1v) is 8.63. The van der Waals surface area contributed by atoms with E-state index in [1.54, 1.807) is 0 Å². The molecule has 0 N–H and O–H groups in total. The van der Waals surface area contributed by atoms with Crippen molar-refractivity contribution in [3.63, 3.8) is 0 Å². The molecule has 128 valence electrons. The number of nitrogens with zero attached hydrogens (tertiary/aromatic N) is 1. The van der Waals surface area contributed by atoms with Crippen LogP contribution in [0.2, 0.25) is 0 Å². The van der Waals surface area contributed by atoms with Gasteiger partial charge in [0.15, 0.2) is 0 Å². The predicted molar refractivity (Wildman–Crippen MR) is 103 cm³/mol. The normalized spacial score (nSPS) is 11.4. The van der Waals surface area contributed by atoms with Crippen LogP contribution in [0.25, 0.3) is 0 Å². The summed E-state index contributed by atoms with van der Waals surface area (Å²) in [6, 6.07) is 16.9. The lowest BCUT2D eigenvalue weighted by Crippen LogP contribution is -2.11. The molecule has 0 atom stereocenters. The van der Waals surface area contributed by atoms with E-state index in [-0.39, 0.29) is 5.41 Å². The first-order valence-electron chi connectivity index (χ1n) is 8.63. The lowest BCUT2D eigenvalue weighted by molar-refractivity contribution is -0.118. The molecule has 0 saturated carbocycles. The van der Waals surface area contributed by atoms with E-state index in [1.807, 2.05) is 14.1 Å². The number of rotatable bonds is 6. The molecule has 0 fully saturated rings. The third-order valence-electron chi connectivity index (χ3n) is 4.37. The second-order valence-corrected chi connectivity index (χ2v) is 7.72. The number of carbonyl (C=O) groups excluding carboxylic acids is 1. The lowest BCUT2D eigenvalue weighted by Gasteiger charge is -2.19. The third kappa shape index (κ3) is 5.23. The molecule has 0 saturated heterocycles. The van der Waals surface area contributed by atoms with Crippen LogP contribution in [0.15, 0.2) is 48.5 Å². The molecule has 0 radical (unpaired) electrons. The molecule has 2 heteroatoms. The van der Waals surface area contributed by atoms with Gasteiger partial charge in [0.05, 0.1) is 0 Å². The van der Waals surface area contributed by atoms with Crippen LogP contribution in [0.3, 0.4) is 0 Å². The highest BCUT2D eigenvalue weighted by Crippen LogP contribution is 2.22. The van der Waals surface area contributed by atoms with Gasteiger partial charge in [-0.15, -0.1) is 0 Å². The van der Waals surface area contributed by atoms with Gasteiger partial charge in [-0.3, -0.25) is 4.79 Å². The number of aryl methyl sites for hydroxylation is 1. The average Bonchev–Trinajstić information content (AvgIpc) is 2.53. The van der Waals surface area contributed by atoms with E-state index in [0.29, 0.717) is 18.6 Å². The largest absolute Gasteiger partial charge is 0.378 e. The monoisotopic (exact) mass is 323 g/mol. The van der Waals surface area contributed by atoms with Crippen LogP contribution in [-0.4, -0.2) is 19.9 Å². The summed E-state index contributed by atoms with van der Waals surface area (Å²) in [4.78, 5) is 14.3. The number of hydrogen-bond donors (Lipinski definition) is 0. The molecule has 24 heavy (non-hydrogen) atoms. The standard InChI is InChI=1S/C22H29NO/c1-22(2,3)19-11-6-18(7-12-19)16-21(24)15-10-17-8-13-20(14-9-17)23(4)5/h6-9,11-14H,10,15-16H2,1-5H3. The summed E-state index contributed by atoms with van der Waals surface area (Å²) in [7, 11) is 4.06. The molecule has 0 aliphatic rings. The van der Waals surface area contributed by atoms with Crippen LogP contribution >= 0.6 is 0 Å². The Kier molecular flexibility index (Phi) is 5.82. The van der Waals surface area contributed by atoms with Crippen molar-refractivity contribution in [3.05, 3.63) is 65.2 Å². The van der Waals surface area contributed by atoms with Crippen molar-refractivity contribution < 1.29 is 4.79 Å². The number of ketones is 1. The van der Waals surface area contributed by atoms with Gasteiger partial charge in [0.1, 0.15) is 5.78 Å². The predicted octanol–water partition coefficient (Wildman–Crippen LogP) is 4.79. The summed E-state index contributed by atoms with van der Waals surface area (Å²) >= 11 is 0. The number of carbonyl (C=O) groups is 1. The van der Waals surface area contributed by atoms with Crippen LogP contribution in [0.1, 0.15) is 43.9 Å². The van der Waals surface area contributed by atoms with E-state index in [0.717, 1.165) is 12.0 Å². The molecule has 0 amide bonds. The molecule has 0 aliphatic heterocycles. The number of anilines is 1. The molecule has 0 spiro atoms. The second-order valence-electron chi connectivity index (χ2n) is 7.72. The number of hydrogen-bond acceptors (Lipinski definition) is 2. The maximum Gasteiger partial charge on any atom is 0.137 e.